The van der Waals surface area contributed by atoms with Gasteiger partial charge in [-0.05, 0) is 60.9 Å². The number of nitrogens with one attached hydrogen (secondary N) is 1. The summed E-state index contributed by atoms with van der Waals surface area (Å²) >= 11 is 0. The first-order valence-electron chi connectivity index (χ1n) is 13.4. The highest BCUT2D eigenvalue weighted by Gasteiger charge is 2.35. The van der Waals surface area contributed by atoms with Gasteiger partial charge in [0.2, 0.25) is 11.8 Å². The second-order valence-corrected chi connectivity index (χ2v) is 11.5. The lowest BCUT2D eigenvalue weighted by molar-refractivity contribution is -0.140. The van der Waals surface area contributed by atoms with E-state index in [0.29, 0.717) is 28.9 Å². The molecular formula is C30H33F4N3O4S. The van der Waals surface area contributed by atoms with Crippen LogP contribution in [-0.4, -0.2) is 44.3 Å². The number of sulfonamides is 1. The van der Waals surface area contributed by atoms with Crippen molar-refractivity contribution in [2.75, 3.05) is 17.4 Å². The highest BCUT2D eigenvalue weighted by atomic mass is 32.2. The van der Waals surface area contributed by atoms with E-state index in [1.807, 2.05) is 6.92 Å². The molecule has 2 amide bonds. The highest BCUT2D eigenvalue weighted by molar-refractivity contribution is 7.92. The number of hydrogen-bond acceptors (Lipinski definition) is 4. The van der Waals surface area contributed by atoms with Crippen molar-refractivity contribution in [1.29, 1.82) is 0 Å². The van der Waals surface area contributed by atoms with Crippen LogP contribution in [0.25, 0.3) is 0 Å². The number of alkyl halides is 3. The fourth-order valence-corrected chi connectivity index (χ4v) is 5.73. The van der Waals surface area contributed by atoms with Gasteiger partial charge in [0, 0.05) is 13.1 Å². The summed E-state index contributed by atoms with van der Waals surface area (Å²) in [5.74, 6) is -1.79. The lowest BCUT2D eigenvalue weighted by Crippen LogP contribution is -2.52. The molecule has 0 fully saturated rings. The monoisotopic (exact) mass is 607 g/mol. The molecule has 0 radical (unpaired) electrons. The minimum atomic E-state index is -4.76. The van der Waals surface area contributed by atoms with E-state index in [-0.39, 0.29) is 23.5 Å². The summed E-state index contributed by atoms with van der Waals surface area (Å²) in [5, 5.41) is 2.78. The van der Waals surface area contributed by atoms with Gasteiger partial charge >= 0.3 is 6.18 Å². The van der Waals surface area contributed by atoms with Gasteiger partial charge in [-0.25, -0.2) is 12.8 Å². The number of carbonyl (C=O) groups is 2. The third-order valence-electron chi connectivity index (χ3n) is 6.55. The summed E-state index contributed by atoms with van der Waals surface area (Å²) in [6, 6.07) is 14.9. The Labute approximate surface area is 243 Å². The molecule has 3 aromatic rings. The first-order valence-corrected chi connectivity index (χ1v) is 14.9. The van der Waals surface area contributed by atoms with Gasteiger partial charge in [0.1, 0.15) is 18.4 Å². The largest absolute Gasteiger partial charge is 0.416 e. The van der Waals surface area contributed by atoms with Gasteiger partial charge in [0.15, 0.2) is 0 Å². The third kappa shape index (κ3) is 8.31. The van der Waals surface area contributed by atoms with Gasteiger partial charge < -0.3 is 10.2 Å². The molecule has 42 heavy (non-hydrogen) atoms. The zero-order valence-corrected chi connectivity index (χ0v) is 24.1. The zero-order chi connectivity index (χ0) is 30.9. The lowest BCUT2D eigenvalue weighted by atomic mass is 10.1. The molecular weight excluding hydrogens is 574 g/mol. The van der Waals surface area contributed by atoms with Crippen LogP contribution >= 0.6 is 0 Å². The SMILES string of the molecule is CCCCNC(=O)[C@@H](CC)N(Cc1ccc(F)cc1)C(=O)CN(c1cccc(C(F)(F)F)c1)S(=O)(=O)c1ccccc1. The maximum atomic E-state index is 13.9. The molecule has 1 atom stereocenters. The quantitative estimate of drug-likeness (QED) is 0.198. The third-order valence-corrected chi connectivity index (χ3v) is 8.34. The molecule has 226 valence electrons. The fourth-order valence-electron chi connectivity index (χ4n) is 4.30. The maximum Gasteiger partial charge on any atom is 0.416 e. The average molecular weight is 608 g/mol. The van der Waals surface area contributed by atoms with E-state index in [1.165, 1.54) is 59.5 Å². The molecule has 0 bridgehead atoms. The topological polar surface area (TPSA) is 86.8 Å². The number of carbonyl (C=O) groups excluding carboxylic acids is 2. The molecule has 7 nitrogen and oxygen atoms in total. The van der Waals surface area contributed by atoms with E-state index in [1.54, 1.807) is 13.0 Å². The maximum absolute atomic E-state index is 13.9. The van der Waals surface area contributed by atoms with E-state index < -0.39 is 52.0 Å². The molecule has 0 aliphatic rings. The Morgan fingerprint density at radius 3 is 2.19 bits per heavy atom. The van der Waals surface area contributed by atoms with Crippen molar-refractivity contribution in [3.8, 4) is 0 Å². The van der Waals surface area contributed by atoms with Gasteiger partial charge in [0.25, 0.3) is 10.0 Å². The lowest BCUT2D eigenvalue weighted by Gasteiger charge is -2.33. The molecule has 12 heteroatoms. The predicted molar refractivity (Wildman–Crippen MR) is 151 cm³/mol. The average Bonchev–Trinajstić information content (AvgIpc) is 2.96. The summed E-state index contributed by atoms with van der Waals surface area (Å²) in [6.45, 7) is 2.94. The molecule has 0 saturated carbocycles. The molecule has 0 heterocycles. The van der Waals surface area contributed by atoms with E-state index in [0.717, 1.165) is 18.6 Å². The van der Waals surface area contributed by atoms with Crippen LogP contribution in [0, 0.1) is 5.82 Å². The zero-order valence-electron chi connectivity index (χ0n) is 23.3. The van der Waals surface area contributed by atoms with E-state index >= 15 is 0 Å². The van der Waals surface area contributed by atoms with Crippen LogP contribution in [-0.2, 0) is 32.3 Å². The van der Waals surface area contributed by atoms with Crippen molar-refractivity contribution in [2.24, 2.45) is 0 Å². The van der Waals surface area contributed by atoms with Crippen LogP contribution < -0.4 is 9.62 Å². The second-order valence-electron chi connectivity index (χ2n) is 9.59. The first-order chi connectivity index (χ1) is 19.9. The van der Waals surface area contributed by atoms with Crippen LogP contribution in [0.2, 0.25) is 0 Å². The van der Waals surface area contributed by atoms with Crippen molar-refractivity contribution in [3.05, 3.63) is 95.8 Å². The number of unbranched alkanes of at least 4 members (excludes halogenated alkanes) is 1. The number of anilines is 1. The Hall–Kier alpha value is -3.93. The summed E-state index contributed by atoms with van der Waals surface area (Å²) in [4.78, 5) is 28.0. The Bertz CT molecular complexity index is 1450. The summed E-state index contributed by atoms with van der Waals surface area (Å²) < 4.78 is 82.4. The van der Waals surface area contributed by atoms with Crippen molar-refractivity contribution < 1.29 is 35.6 Å². The van der Waals surface area contributed by atoms with Crippen molar-refractivity contribution in [1.82, 2.24) is 10.2 Å². The number of halogens is 4. The summed E-state index contributed by atoms with van der Waals surface area (Å²) in [5.41, 5.74) is -0.990. The summed E-state index contributed by atoms with van der Waals surface area (Å²) in [6.07, 6.45) is -3.08. The number of amides is 2. The highest BCUT2D eigenvalue weighted by Crippen LogP contribution is 2.33. The Morgan fingerprint density at radius 1 is 0.929 bits per heavy atom. The van der Waals surface area contributed by atoms with E-state index in [2.05, 4.69) is 5.32 Å². The van der Waals surface area contributed by atoms with Gasteiger partial charge in [-0.15, -0.1) is 0 Å². The molecule has 3 rings (SSSR count). The number of nitrogens with zero attached hydrogens (tertiary/aromatic N) is 2. The van der Waals surface area contributed by atoms with Gasteiger partial charge in [-0.3, -0.25) is 13.9 Å². The molecule has 0 unspecified atom stereocenters. The first kappa shape index (κ1) is 32.6. The van der Waals surface area contributed by atoms with Gasteiger partial charge in [0.05, 0.1) is 16.1 Å². The molecule has 0 aromatic heterocycles. The van der Waals surface area contributed by atoms with Crippen LogP contribution in [0.1, 0.15) is 44.2 Å². The van der Waals surface area contributed by atoms with E-state index in [9.17, 15) is 35.6 Å². The van der Waals surface area contributed by atoms with Crippen LogP contribution in [0.15, 0.2) is 83.8 Å². The standard InChI is InChI=1S/C30H33F4N3O4S/c1-3-5-18-35-29(39)27(4-2)36(20-22-14-16-24(31)17-15-22)28(38)21-37(42(40,41)26-12-7-6-8-13-26)25-11-9-10-23(19-25)30(32,33)34/h6-17,19,27H,3-5,18,20-21H2,1-2H3,(H,35,39)/t27-/m1/s1. The van der Waals surface area contributed by atoms with Crippen LogP contribution in [0.3, 0.4) is 0 Å². The van der Waals surface area contributed by atoms with Crippen LogP contribution in [0.4, 0.5) is 23.2 Å². The molecule has 1 N–H and O–H groups in total. The predicted octanol–water partition coefficient (Wildman–Crippen LogP) is 5.76. The minimum absolute atomic E-state index is 0.166. The van der Waals surface area contributed by atoms with E-state index in [4.69, 9.17) is 0 Å². The molecule has 0 aliphatic carbocycles. The fraction of sp³-hybridized carbons (Fsp3) is 0.333. The number of rotatable bonds is 13. The number of benzene rings is 3. The van der Waals surface area contributed by atoms with Crippen LogP contribution in [0.5, 0.6) is 0 Å². The Balaban J connectivity index is 2.08. The smallest absolute Gasteiger partial charge is 0.354 e. The number of hydrogen-bond donors (Lipinski definition) is 1. The van der Waals surface area contributed by atoms with Crippen molar-refractivity contribution in [3.63, 3.8) is 0 Å². The minimum Gasteiger partial charge on any atom is -0.354 e. The molecule has 0 aliphatic heterocycles. The Kier molecular flexibility index (Phi) is 11.1. The van der Waals surface area contributed by atoms with Gasteiger partial charge in [-0.2, -0.15) is 13.2 Å². The Morgan fingerprint density at radius 2 is 1.60 bits per heavy atom. The molecule has 3 aromatic carbocycles. The normalized spacial score (nSPS) is 12.4. The second kappa shape index (κ2) is 14.3. The van der Waals surface area contributed by atoms with Crippen molar-refractivity contribution in [2.45, 2.75) is 56.8 Å². The van der Waals surface area contributed by atoms with Crippen molar-refractivity contribution >= 4 is 27.5 Å². The molecule has 0 saturated heterocycles. The molecule has 0 spiro atoms. The van der Waals surface area contributed by atoms with Gasteiger partial charge in [-0.1, -0.05) is 56.7 Å². The summed E-state index contributed by atoms with van der Waals surface area (Å²) in [7, 11) is -4.53.